The van der Waals surface area contributed by atoms with Crippen LogP contribution in [0.15, 0.2) is 53.8 Å². The van der Waals surface area contributed by atoms with Crippen molar-refractivity contribution >= 4 is 22.6 Å². The number of nitrogens with zero attached hydrogens (tertiary/aromatic N) is 3. The number of aromatic nitrogens is 1. The van der Waals surface area contributed by atoms with E-state index in [1.807, 2.05) is 48.2 Å². The van der Waals surface area contributed by atoms with E-state index in [1.54, 1.807) is 31.3 Å². The van der Waals surface area contributed by atoms with E-state index >= 15 is 0 Å². The summed E-state index contributed by atoms with van der Waals surface area (Å²) in [5, 5.41) is 12.0. The first-order chi connectivity index (χ1) is 11.2. The molecule has 1 atom stereocenters. The monoisotopic (exact) mass is 329 g/mol. The van der Waals surface area contributed by atoms with E-state index in [0.29, 0.717) is 12.3 Å². The Morgan fingerprint density at radius 3 is 2.74 bits per heavy atom. The van der Waals surface area contributed by atoms with Crippen molar-refractivity contribution in [1.82, 2.24) is 9.88 Å². The molecular weight excluding hydrogens is 310 g/mol. The molecule has 3 rings (SSSR count). The van der Waals surface area contributed by atoms with Gasteiger partial charge in [0.15, 0.2) is 10.9 Å². The van der Waals surface area contributed by atoms with Crippen molar-refractivity contribution in [2.24, 2.45) is 4.99 Å². The molecule has 1 aliphatic rings. The number of ether oxygens (including phenoxy) is 1. The van der Waals surface area contributed by atoms with Crippen molar-refractivity contribution < 1.29 is 9.84 Å². The van der Waals surface area contributed by atoms with Gasteiger partial charge in [0.25, 0.3) is 0 Å². The Bertz CT molecular complexity index is 691. The summed E-state index contributed by atoms with van der Waals surface area (Å²) in [6, 6.07) is 11.3. The molecule has 1 aromatic carbocycles. The van der Waals surface area contributed by atoms with E-state index in [-0.39, 0.29) is 0 Å². The number of hydrogen-bond donors (Lipinski definition) is 1. The minimum absolute atomic E-state index is 0.534. The zero-order valence-electron chi connectivity index (χ0n) is 13.1. The van der Waals surface area contributed by atoms with Gasteiger partial charge in [-0.15, -0.1) is 0 Å². The van der Waals surface area contributed by atoms with Crippen LogP contribution in [0, 0.1) is 0 Å². The first-order valence-electron chi connectivity index (χ1n) is 7.43. The van der Waals surface area contributed by atoms with Crippen molar-refractivity contribution in [3.63, 3.8) is 0 Å². The number of pyridine rings is 1. The number of aliphatic imine (C=N–C) groups is 1. The Hall–Kier alpha value is -2.05. The Labute approximate surface area is 140 Å². The van der Waals surface area contributed by atoms with Gasteiger partial charge >= 0.3 is 0 Å². The molecule has 23 heavy (non-hydrogen) atoms. The van der Waals surface area contributed by atoms with Gasteiger partial charge in [0, 0.05) is 18.3 Å². The van der Waals surface area contributed by atoms with E-state index in [4.69, 9.17) is 4.74 Å². The highest BCUT2D eigenvalue weighted by Crippen LogP contribution is 2.40. The first kappa shape index (κ1) is 15.8. The van der Waals surface area contributed by atoms with Gasteiger partial charge in [0.1, 0.15) is 5.75 Å². The van der Waals surface area contributed by atoms with E-state index in [2.05, 4.69) is 9.98 Å². The molecule has 6 heteroatoms. The molecule has 0 amide bonds. The highest BCUT2D eigenvalue weighted by Gasteiger charge is 2.44. The molecule has 0 radical (unpaired) electrons. The molecule has 1 aromatic heterocycles. The number of rotatable bonds is 4. The molecule has 1 fully saturated rings. The molecular formula is C17H19N3O2S. The molecule has 0 aliphatic carbocycles. The Morgan fingerprint density at radius 2 is 2.13 bits per heavy atom. The lowest BCUT2D eigenvalue weighted by Crippen LogP contribution is -2.44. The maximum atomic E-state index is 11.2. The summed E-state index contributed by atoms with van der Waals surface area (Å²) in [6.45, 7) is 2.67. The molecule has 0 spiro atoms. The van der Waals surface area contributed by atoms with Gasteiger partial charge in [-0.1, -0.05) is 23.9 Å². The highest BCUT2D eigenvalue weighted by atomic mass is 32.2. The summed E-state index contributed by atoms with van der Waals surface area (Å²) >= 11 is 1.55. The van der Waals surface area contributed by atoms with Gasteiger partial charge in [-0.25, -0.2) is 4.99 Å². The molecule has 5 nitrogen and oxygen atoms in total. The molecule has 2 heterocycles. The topological polar surface area (TPSA) is 58.0 Å². The van der Waals surface area contributed by atoms with Crippen molar-refractivity contribution in [2.75, 3.05) is 19.4 Å². The van der Waals surface area contributed by atoms with Crippen molar-refractivity contribution in [1.29, 1.82) is 0 Å². The average molecular weight is 329 g/mol. The van der Waals surface area contributed by atoms with Crippen LogP contribution in [0.5, 0.6) is 5.75 Å². The van der Waals surface area contributed by atoms with Crippen LogP contribution in [0.25, 0.3) is 0 Å². The second-order valence-corrected chi connectivity index (χ2v) is 6.13. The molecule has 1 unspecified atom stereocenters. The minimum atomic E-state index is -1.06. The number of amidine groups is 1. The molecule has 0 bridgehead atoms. The quantitative estimate of drug-likeness (QED) is 0.934. The molecule has 2 aromatic rings. The standard InChI is InChI=1S/C17H19N3O2S/c1-3-20-16(19-14-5-4-10-18-11-14)23-12-17(20,21)13-6-8-15(22-2)9-7-13/h4-11,21H,3,12H2,1-2H3. The lowest BCUT2D eigenvalue weighted by molar-refractivity contribution is -0.0452. The van der Waals surface area contributed by atoms with Crippen LogP contribution < -0.4 is 4.74 Å². The van der Waals surface area contributed by atoms with E-state index in [9.17, 15) is 5.11 Å². The largest absolute Gasteiger partial charge is 0.497 e. The lowest BCUT2D eigenvalue weighted by Gasteiger charge is -2.33. The zero-order chi connectivity index (χ0) is 16.3. The van der Waals surface area contributed by atoms with Gasteiger partial charge in [-0.3, -0.25) is 4.98 Å². The van der Waals surface area contributed by atoms with Crippen molar-refractivity contribution in [2.45, 2.75) is 12.6 Å². The Balaban J connectivity index is 1.92. The van der Waals surface area contributed by atoms with Crippen molar-refractivity contribution in [3.8, 4) is 5.75 Å². The van der Waals surface area contributed by atoms with E-state index in [0.717, 1.165) is 22.2 Å². The zero-order valence-corrected chi connectivity index (χ0v) is 14.0. The highest BCUT2D eigenvalue weighted by molar-refractivity contribution is 8.14. The third kappa shape index (κ3) is 3.04. The predicted molar refractivity (Wildman–Crippen MR) is 93.1 cm³/mol. The average Bonchev–Trinajstić information content (AvgIpc) is 2.92. The van der Waals surface area contributed by atoms with Crippen LogP contribution in [0.2, 0.25) is 0 Å². The maximum Gasteiger partial charge on any atom is 0.175 e. The summed E-state index contributed by atoms with van der Waals surface area (Å²) in [5.74, 6) is 1.31. The Morgan fingerprint density at radius 1 is 1.35 bits per heavy atom. The summed E-state index contributed by atoms with van der Waals surface area (Å²) in [5.41, 5.74) is 0.559. The fraction of sp³-hybridized carbons (Fsp3) is 0.294. The first-order valence-corrected chi connectivity index (χ1v) is 8.42. The fourth-order valence-electron chi connectivity index (χ4n) is 2.60. The SMILES string of the molecule is CCN1C(=Nc2cccnc2)SCC1(O)c1ccc(OC)cc1. The van der Waals surface area contributed by atoms with Gasteiger partial charge < -0.3 is 14.7 Å². The summed E-state index contributed by atoms with van der Waals surface area (Å²) in [7, 11) is 1.63. The normalized spacial score (nSPS) is 22.6. The van der Waals surface area contributed by atoms with Crippen LogP contribution in [-0.4, -0.2) is 39.6 Å². The molecule has 1 N–H and O–H groups in total. The number of aliphatic hydroxyl groups is 1. The third-order valence-electron chi connectivity index (χ3n) is 3.82. The van der Waals surface area contributed by atoms with Gasteiger partial charge in [0.2, 0.25) is 0 Å². The van der Waals surface area contributed by atoms with Gasteiger partial charge in [-0.05, 0) is 31.2 Å². The third-order valence-corrected chi connectivity index (χ3v) is 4.94. The smallest absolute Gasteiger partial charge is 0.175 e. The van der Waals surface area contributed by atoms with E-state index < -0.39 is 5.72 Å². The second kappa shape index (κ2) is 6.60. The van der Waals surface area contributed by atoms with Crippen LogP contribution in [0.3, 0.4) is 0 Å². The van der Waals surface area contributed by atoms with Gasteiger partial charge in [0.05, 0.1) is 24.7 Å². The fourth-order valence-corrected chi connectivity index (χ4v) is 3.85. The second-order valence-electron chi connectivity index (χ2n) is 5.18. The Kier molecular flexibility index (Phi) is 4.54. The van der Waals surface area contributed by atoms with Crippen LogP contribution in [-0.2, 0) is 5.72 Å². The summed E-state index contributed by atoms with van der Waals surface area (Å²) in [6.07, 6.45) is 3.43. The summed E-state index contributed by atoms with van der Waals surface area (Å²) in [4.78, 5) is 10.6. The minimum Gasteiger partial charge on any atom is -0.497 e. The summed E-state index contributed by atoms with van der Waals surface area (Å²) < 4.78 is 5.19. The molecule has 120 valence electrons. The van der Waals surface area contributed by atoms with Crippen molar-refractivity contribution in [3.05, 3.63) is 54.4 Å². The van der Waals surface area contributed by atoms with Gasteiger partial charge in [-0.2, -0.15) is 0 Å². The number of benzene rings is 1. The number of thioether (sulfide) groups is 1. The lowest BCUT2D eigenvalue weighted by atomic mass is 10.0. The van der Waals surface area contributed by atoms with Crippen LogP contribution in [0.4, 0.5) is 5.69 Å². The number of hydrogen-bond acceptors (Lipinski definition) is 5. The van der Waals surface area contributed by atoms with Crippen LogP contribution in [0.1, 0.15) is 12.5 Å². The van der Waals surface area contributed by atoms with E-state index in [1.165, 1.54) is 0 Å². The molecule has 1 saturated heterocycles. The maximum absolute atomic E-state index is 11.2. The predicted octanol–water partition coefficient (Wildman–Crippen LogP) is 2.99. The van der Waals surface area contributed by atoms with Crippen LogP contribution >= 0.6 is 11.8 Å². The number of methoxy groups -OCH3 is 1. The molecule has 0 saturated carbocycles. The molecule has 1 aliphatic heterocycles.